The molecule has 1 heterocycles. The van der Waals surface area contributed by atoms with Crippen LogP contribution in [0, 0.1) is 0 Å². The molecule has 1 amide bonds. The first kappa shape index (κ1) is 15.4. The van der Waals surface area contributed by atoms with Crippen molar-refractivity contribution in [1.82, 2.24) is 10.2 Å². The van der Waals surface area contributed by atoms with Gasteiger partial charge in [-0.25, -0.2) is 0 Å². The highest BCUT2D eigenvalue weighted by Gasteiger charge is 2.14. The summed E-state index contributed by atoms with van der Waals surface area (Å²) in [7, 11) is 1.68. The number of ether oxygens (including phenoxy) is 1. The van der Waals surface area contributed by atoms with Crippen LogP contribution in [-0.4, -0.2) is 49.1 Å². The number of benzene rings is 1. The predicted octanol–water partition coefficient (Wildman–Crippen LogP) is 1.50. The molecule has 1 aliphatic rings. The Bertz CT molecular complexity index is 434. The van der Waals surface area contributed by atoms with Crippen LogP contribution in [0.5, 0.6) is 0 Å². The minimum absolute atomic E-state index is 0.101. The Labute approximate surface area is 124 Å². The lowest BCUT2D eigenvalue weighted by atomic mass is 10.1. The number of rotatable bonds is 6. The Kier molecular flexibility index (Phi) is 6.36. The van der Waals surface area contributed by atoms with Gasteiger partial charge in [0.15, 0.2) is 0 Å². The molecule has 0 aromatic heterocycles. The molecule has 4 nitrogen and oxygen atoms in total. The number of carbonyl (C=O) groups is 1. The molecule has 2 rings (SSSR count). The summed E-state index contributed by atoms with van der Waals surface area (Å²) in [5.41, 5.74) is 2.25. The van der Waals surface area contributed by atoms with Crippen LogP contribution >= 0.6 is 11.8 Å². The maximum Gasteiger partial charge on any atom is 0.234 e. The lowest BCUT2D eigenvalue weighted by Crippen LogP contribution is -2.41. The maximum absolute atomic E-state index is 12.0. The van der Waals surface area contributed by atoms with Crippen LogP contribution in [0.15, 0.2) is 24.3 Å². The van der Waals surface area contributed by atoms with Gasteiger partial charge in [0.05, 0.1) is 13.2 Å². The lowest BCUT2D eigenvalue weighted by molar-refractivity contribution is -0.122. The zero-order chi connectivity index (χ0) is 14.2. The molecule has 1 aromatic carbocycles. The van der Waals surface area contributed by atoms with Crippen molar-refractivity contribution in [2.45, 2.75) is 13.2 Å². The van der Waals surface area contributed by atoms with Crippen molar-refractivity contribution < 1.29 is 9.53 Å². The molecular formula is C15H22N2O2S. The van der Waals surface area contributed by atoms with E-state index in [1.165, 1.54) is 0 Å². The maximum atomic E-state index is 12.0. The highest BCUT2D eigenvalue weighted by molar-refractivity contribution is 7.99. The molecule has 1 aliphatic heterocycles. The summed E-state index contributed by atoms with van der Waals surface area (Å²) < 4.78 is 5.17. The van der Waals surface area contributed by atoms with Crippen molar-refractivity contribution in [1.29, 1.82) is 0 Å². The molecule has 0 radical (unpaired) electrons. The van der Waals surface area contributed by atoms with Gasteiger partial charge in [-0.1, -0.05) is 24.3 Å². The van der Waals surface area contributed by atoms with Crippen molar-refractivity contribution in [2.75, 3.05) is 38.2 Å². The van der Waals surface area contributed by atoms with Crippen LogP contribution in [0.4, 0.5) is 0 Å². The minimum Gasteiger partial charge on any atom is -0.380 e. The third-order valence-electron chi connectivity index (χ3n) is 3.37. The Morgan fingerprint density at radius 3 is 2.70 bits per heavy atom. The van der Waals surface area contributed by atoms with E-state index in [9.17, 15) is 4.79 Å². The number of hydrogen-bond acceptors (Lipinski definition) is 4. The van der Waals surface area contributed by atoms with E-state index in [4.69, 9.17) is 4.74 Å². The number of thioether (sulfide) groups is 1. The SMILES string of the molecule is COCc1ccccc1CNC(=O)CN1CCSCC1. The number of nitrogens with zero attached hydrogens (tertiary/aromatic N) is 1. The van der Waals surface area contributed by atoms with Gasteiger partial charge < -0.3 is 10.1 Å². The van der Waals surface area contributed by atoms with Crippen LogP contribution in [0.3, 0.4) is 0 Å². The van der Waals surface area contributed by atoms with Crippen LogP contribution in [-0.2, 0) is 22.7 Å². The van der Waals surface area contributed by atoms with Gasteiger partial charge in [0.25, 0.3) is 0 Å². The molecule has 1 N–H and O–H groups in total. The van der Waals surface area contributed by atoms with E-state index in [1.54, 1.807) is 7.11 Å². The summed E-state index contributed by atoms with van der Waals surface area (Å²) in [6, 6.07) is 8.05. The highest BCUT2D eigenvalue weighted by Crippen LogP contribution is 2.10. The van der Waals surface area contributed by atoms with Crippen LogP contribution in [0.1, 0.15) is 11.1 Å². The molecule has 20 heavy (non-hydrogen) atoms. The van der Waals surface area contributed by atoms with Gasteiger partial charge in [0.2, 0.25) is 5.91 Å². The second kappa shape index (κ2) is 8.29. The molecule has 1 aromatic rings. The molecule has 0 atom stereocenters. The van der Waals surface area contributed by atoms with E-state index in [0.717, 1.165) is 35.7 Å². The largest absolute Gasteiger partial charge is 0.380 e. The van der Waals surface area contributed by atoms with Crippen molar-refractivity contribution in [3.05, 3.63) is 35.4 Å². The summed E-state index contributed by atoms with van der Waals surface area (Å²) in [6.07, 6.45) is 0. The minimum atomic E-state index is 0.101. The molecule has 0 saturated carbocycles. The smallest absolute Gasteiger partial charge is 0.234 e. The molecule has 110 valence electrons. The molecule has 0 aliphatic carbocycles. The van der Waals surface area contributed by atoms with Crippen LogP contribution in [0.25, 0.3) is 0 Å². The fourth-order valence-electron chi connectivity index (χ4n) is 2.24. The summed E-state index contributed by atoms with van der Waals surface area (Å²) in [4.78, 5) is 14.2. The first-order chi connectivity index (χ1) is 9.79. The second-order valence-electron chi connectivity index (χ2n) is 4.87. The van der Waals surface area contributed by atoms with E-state index < -0.39 is 0 Å². The molecular weight excluding hydrogens is 272 g/mol. The van der Waals surface area contributed by atoms with Gasteiger partial charge in [0.1, 0.15) is 0 Å². The molecule has 0 spiro atoms. The Balaban J connectivity index is 1.80. The number of carbonyl (C=O) groups excluding carboxylic acids is 1. The summed E-state index contributed by atoms with van der Waals surface area (Å²) >= 11 is 1.96. The summed E-state index contributed by atoms with van der Waals surface area (Å²) in [5.74, 6) is 2.36. The third kappa shape index (κ3) is 4.81. The second-order valence-corrected chi connectivity index (χ2v) is 6.09. The third-order valence-corrected chi connectivity index (χ3v) is 4.31. The number of methoxy groups -OCH3 is 1. The van der Waals surface area contributed by atoms with E-state index in [-0.39, 0.29) is 5.91 Å². The molecule has 0 bridgehead atoms. The fraction of sp³-hybridized carbons (Fsp3) is 0.533. The fourth-order valence-corrected chi connectivity index (χ4v) is 3.22. The quantitative estimate of drug-likeness (QED) is 0.863. The monoisotopic (exact) mass is 294 g/mol. The van der Waals surface area contributed by atoms with Gasteiger partial charge in [-0.05, 0) is 11.1 Å². The summed E-state index contributed by atoms with van der Waals surface area (Å²) in [5, 5.41) is 3.00. The van der Waals surface area contributed by atoms with Gasteiger partial charge in [-0.3, -0.25) is 9.69 Å². The zero-order valence-corrected chi connectivity index (χ0v) is 12.7. The highest BCUT2D eigenvalue weighted by atomic mass is 32.2. The van der Waals surface area contributed by atoms with Crippen molar-refractivity contribution in [3.63, 3.8) is 0 Å². The standard InChI is InChI=1S/C15H22N2O2S/c1-19-12-14-5-3-2-4-13(14)10-16-15(18)11-17-6-8-20-9-7-17/h2-5H,6-12H2,1H3,(H,16,18). The molecule has 1 fully saturated rings. The molecule has 0 unspecified atom stereocenters. The van der Waals surface area contributed by atoms with Gasteiger partial charge in [-0.15, -0.1) is 0 Å². The Hall–Kier alpha value is -1.04. The van der Waals surface area contributed by atoms with Crippen molar-refractivity contribution in [3.8, 4) is 0 Å². The number of amides is 1. The topological polar surface area (TPSA) is 41.6 Å². The average molecular weight is 294 g/mol. The molecule has 5 heteroatoms. The normalized spacial score (nSPS) is 16.1. The first-order valence-electron chi connectivity index (χ1n) is 6.92. The predicted molar refractivity (Wildman–Crippen MR) is 82.8 cm³/mol. The lowest BCUT2D eigenvalue weighted by Gasteiger charge is -2.25. The van der Waals surface area contributed by atoms with E-state index in [0.29, 0.717) is 19.7 Å². The van der Waals surface area contributed by atoms with Gasteiger partial charge in [0, 0.05) is 38.2 Å². The Morgan fingerprint density at radius 1 is 1.30 bits per heavy atom. The zero-order valence-electron chi connectivity index (χ0n) is 11.9. The van der Waals surface area contributed by atoms with Crippen LogP contribution in [0.2, 0.25) is 0 Å². The first-order valence-corrected chi connectivity index (χ1v) is 8.07. The average Bonchev–Trinajstić information content (AvgIpc) is 2.48. The van der Waals surface area contributed by atoms with E-state index in [1.807, 2.05) is 36.0 Å². The number of hydrogen-bond donors (Lipinski definition) is 1. The van der Waals surface area contributed by atoms with E-state index in [2.05, 4.69) is 10.2 Å². The summed E-state index contributed by atoms with van der Waals surface area (Å²) in [6.45, 7) is 3.68. The van der Waals surface area contributed by atoms with Crippen LogP contribution < -0.4 is 5.32 Å². The van der Waals surface area contributed by atoms with E-state index >= 15 is 0 Å². The Morgan fingerprint density at radius 2 is 2.00 bits per heavy atom. The van der Waals surface area contributed by atoms with Crippen molar-refractivity contribution in [2.24, 2.45) is 0 Å². The number of nitrogens with one attached hydrogen (secondary N) is 1. The molecule has 1 saturated heterocycles. The van der Waals surface area contributed by atoms with Crippen molar-refractivity contribution >= 4 is 17.7 Å². The van der Waals surface area contributed by atoms with Gasteiger partial charge in [-0.2, -0.15) is 11.8 Å². The van der Waals surface area contributed by atoms with Gasteiger partial charge >= 0.3 is 0 Å².